The number of carbonyl (C=O) groups is 2. The van der Waals surface area contributed by atoms with Crippen LogP contribution in [0.4, 0.5) is 0 Å². The third kappa shape index (κ3) is 3.75. The molecular weight excluding hydrogens is 314 g/mol. The maximum absolute atomic E-state index is 12.9. The van der Waals surface area contributed by atoms with E-state index < -0.39 is 5.54 Å². The van der Waals surface area contributed by atoms with Gasteiger partial charge in [0, 0.05) is 18.0 Å². The van der Waals surface area contributed by atoms with Gasteiger partial charge in [-0.2, -0.15) is 0 Å². The second kappa shape index (κ2) is 7.93. The van der Waals surface area contributed by atoms with Crippen LogP contribution in [0.25, 0.3) is 0 Å². The lowest BCUT2D eigenvalue weighted by molar-refractivity contribution is -0.145. The third-order valence-electron chi connectivity index (χ3n) is 4.58. The Kier molecular flexibility index (Phi) is 6.19. The fourth-order valence-electron chi connectivity index (χ4n) is 3.39. The van der Waals surface area contributed by atoms with Crippen LogP contribution in [-0.4, -0.2) is 36.9 Å². The SMILES string of the molecule is CCOC(=O)CCN(C)C1(c2ccccc2Cl)CCCCC1=O. The van der Waals surface area contributed by atoms with Crippen molar-refractivity contribution in [2.75, 3.05) is 20.2 Å². The molecule has 1 aliphatic rings. The number of carbonyl (C=O) groups excluding carboxylic acids is 2. The van der Waals surface area contributed by atoms with Gasteiger partial charge in [-0.3, -0.25) is 14.5 Å². The van der Waals surface area contributed by atoms with Crippen molar-refractivity contribution in [1.82, 2.24) is 4.90 Å². The molecule has 0 radical (unpaired) electrons. The summed E-state index contributed by atoms with van der Waals surface area (Å²) in [6.45, 7) is 2.63. The van der Waals surface area contributed by atoms with Crippen molar-refractivity contribution < 1.29 is 14.3 Å². The Morgan fingerprint density at radius 2 is 2.09 bits per heavy atom. The van der Waals surface area contributed by atoms with Crippen molar-refractivity contribution in [3.05, 3.63) is 34.9 Å². The summed E-state index contributed by atoms with van der Waals surface area (Å²) < 4.78 is 4.99. The highest BCUT2D eigenvalue weighted by Gasteiger charge is 2.45. The molecule has 1 aromatic carbocycles. The Hall–Kier alpha value is -1.39. The van der Waals surface area contributed by atoms with Crippen LogP contribution in [0.5, 0.6) is 0 Å². The van der Waals surface area contributed by atoms with E-state index in [2.05, 4.69) is 0 Å². The molecule has 0 bridgehead atoms. The number of hydrogen-bond donors (Lipinski definition) is 0. The van der Waals surface area contributed by atoms with Crippen LogP contribution in [0.2, 0.25) is 5.02 Å². The fourth-order valence-corrected chi connectivity index (χ4v) is 3.68. The van der Waals surface area contributed by atoms with Crippen molar-refractivity contribution in [3.63, 3.8) is 0 Å². The molecule has 0 spiro atoms. The molecule has 1 unspecified atom stereocenters. The average Bonchev–Trinajstić information content (AvgIpc) is 2.54. The summed E-state index contributed by atoms with van der Waals surface area (Å²) in [5.41, 5.74) is 0.112. The number of ether oxygens (including phenoxy) is 1. The minimum absolute atomic E-state index is 0.184. The van der Waals surface area contributed by atoms with E-state index in [9.17, 15) is 9.59 Å². The number of ketones is 1. The fraction of sp³-hybridized carbons (Fsp3) is 0.556. The van der Waals surface area contributed by atoms with E-state index in [0.29, 0.717) is 24.6 Å². The molecule has 0 saturated heterocycles. The van der Waals surface area contributed by atoms with Crippen LogP contribution in [0.1, 0.15) is 44.6 Å². The Morgan fingerprint density at radius 3 is 2.74 bits per heavy atom. The lowest BCUT2D eigenvalue weighted by Gasteiger charge is -2.44. The van der Waals surface area contributed by atoms with Crippen LogP contribution >= 0.6 is 11.6 Å². The first-order chi connectivity index (χ1) is 11.0. The predicted octanol–water partition coefficient (Wildman–Crippen LogP) is 3.56. The van der Waals surface area contributed by atoms with Gasteiger partial charge in [-0.25, -0.2) is 0 Å². The first-order valence-corrected chi connectivity index (χ1v) is 8.55. The van der Waals surface area contributed by atoms with E-state index in [4.69, 9.17) is 16.3 Å². The van der Waals surface area contributed by atoms with Crippen LogP contribution < -0.4 is 0 Å². The van der Waals surface area contributed by atoms with Crippen molar-refractivity contribution >= 4 is 23.4 Å². The zero-order chi connectivity index (χ0) is 16.9. The van der Waals surface area contributed by atoms with E-state index in [1.807, 2.05) is 36.2 Å². The Balaban J connectivity index is 2.29. The van der Waals surface area contributed by atoms with Gasteiger partial charge in [-0.15, -0.1) is 0 Å². The third-order valence-corrected chi connectivity index (χ3v) is 4.91. The van der Waals surface area contributed by atoms with Gasteiger partial charge in [0.05, 0.1) is 13.0 Å². The lowest BCUT2D eigenvalue weighted by Crippen LogP contribution is -2.52. The number of Topliss-reactive ketones (excluding diaryl/α,β-unsaturated/α-hetero) is 1. The summed E-state index contributed by atoms with van der Waals surface area (Å²) in [6.07, 6.45) is 3.44. The van der Waals surface area contributed by atoms with Gasteiger partial charge in [0.25, 0.3) is 0 Å². The smallest absolute Gasteiger partial charge is 0.307 e. The molecule has 1 aliphatic carbocycles. The molecule has 1 fully saturated rings. The molecule has 5 heteroatoms. The maximum Gasteiger partial charge on any atom is 0.307 e. The molecule has 126 valence electrons. The molecule has 1 aromatic rings. The Morgan fingerprint density at radius 1 is 1.35 bits per heavy atom. The molecule has 2 rings (SSSR count). The van der Waals surface area contributed by atoms with Crippen molar-refractivity contribution in [3.8, 4) is 0 Å². The lowest BCUT2D eigenvalue weighted by atomic mass is 9.74. The summed E-state index contributed by atoms with van der Waals surface area (Å²) in [5, 5.41) is 0.603. The van der Waals surface area contributed by atoms with Gasteiger partial charge in [0.15, 0.2) is 5.78 Å². The second-order valence-electron chi connectivity index (χ2n) is 5.95. The summed E-state index contributed by atoms with van der Waals surface area (Å²) in [7, 11) is 1.89. The van der Waals surface area contributed by atoms with Crippen molar-refractivity contribution in [2.24, 2.45) is 0 Å². The monoisotopic (exact) mass is 337 g/mol. The predicted molar refractivity (Wildman–Crippen MR) is 90.5 cm³/mol. The van der Waals surface area contributed by atoms with Crippen LogP contribution in [0, 0.1) is 0 Å². The highest BCUT2D eigenvalue weighted by Crippen LogP contribution is 2.42. The number of halogens is 1. The van der Waals surface area contributed by atoms with Crippen LogP contribution in [0.3, 0.4) is 0 Å². The highest BCUT2D eigenvalue weighted by molar-refractivity contribution is 6.31. The first kappa shape index (κ1) is 18.0. The number of likely N-dealkylation sites (N-methyl/N-ethyl adjacent to an activating group) is 1. The summed E-state index contributed by atoms with van der Waals surface area (Å²) in [6, 6.07) is 7.52. The number of nitrogens with zero attached hydrogens (tertiary/aromatic N) is 1. The molecule has 0 N–H and O–H groups in total. The molecule has 0 aliphatic heterocycles. The Bertz CT molecular complexity index is 575. The molecule has 4 nitrogen and oxygen atoms in total. The standard InChI is InChI=1S/C18H24ClNO3/c1-3-23-17(22)11-13-20(2)18(12-7-6-10-16(18)21)14-8-4-5-9-15(14)19/h4-5,8-9H,3,6-7,10-13H2,1-2H3. The van der Waals surface area contributed by atoms with E-state index in [-0.39, 0.29) is 18.2 Å². The van der Waals surface area contributed by atoms with E-state index in [0.717, 1.165) is 24.8 Å². The summed E-state index contributed by atoms with van der Waals surface area (Å²) >= 11 is 6.40. The minimum Gasteiger partial charge on any atom is -0.466 e. The quantitative estimate of drug-likeness (QED) is 0.745. The van der Waals surface area contributed by atoms with Gasteiger partial charge in [0.2, 0.25) is 0 Å². The topological polar surface area (TPSA) is 46.6 Å². The molecule has 0 amide bonds. The minimum atomic E-state index is -0.733. The largest absolute Gasteiger partial charge is 0.466 e. The molecule has 0 aromatic heterocycles. The van der Waals surface area contributed by atoms with Gasteiger partial charge in [-0.1, -0.05) is 36.2 Å². The number of esters is 1. The van der Waals surface area contributed by atoms with Gasteiger partial charge in [-0.05, 0) is 38.4 Å². The maximum atomic E-state index is 12.9. The molecule has 0 heterocycles. The number of benzene rings is 1. The second-order valence-corrected chi connectivity index (χ2v) is 6.35. The van der Waals surface area contributed by atoms with Gasteiger partial charge < -0.3 is 4.74 Å². The average molecular weight is 338 g/mol. The van der Waals surface area contributed by atoms with E-state index in [1.165, 1.54) is 0 Å². The normalized spacial score (nSPS) is 21.5. The molecule has 1 atom stereocenters. The number of rotatable bonds is 6. The van der Waals surface area contributed by atoms with Crippen molar-refractivity contribution in [2.45, 2.75) is 44.6 Å². The van der Waals surface area contributed by atoms with Crippen LogP contribution in [0.15, 0.2) is 24.3 Å². The zero-order valence-corrected chi connectivity index (χ0v) is 14.6. The summed E-state index contributed by atoms with van der Waals surface area (Å²) in [5.74, 6) is -0.0554. The molecule has 23 heavy (non-hydrogen) atoms. The summed E-state index contributed by atoms with van der Waals surface area (Å²) in [4.78, 5) is 26.5. The van der Waals surface area contributed by atoms with Gasteiger partial charge >= 0.3 is 5.97 Å². The molecule has 1 saturated carbocycles. The van der Waals surface area contributed by atoms with E-state index in [1.54, 1.807) is 6.92 Å². The first-order valence-electron chi connectivity index (χ1n) is 8.17. The highest BCUT2D eigenvalue weighted by atomic mass is 35.5. The zero-order valence-electron chi connectivity index (χ0n) is 13.8. The van der Waals surface area contributed by atoms with Gasteiger partial charge in [0.1, 0.15) is 5.54 Å². The van der Waals surface area contributed by atoms with Crippen LogP contribution in [-0.2, 0) is 19.9 Å². The van der Waals surface area contributed by atoms with E-state index >= 15 is 0 Å². The number of hydrogen-bond acceptors (Lipinski definition) is 4. The van der Waals surface area contributed by atoms with Crippen molar-refractivity contribution in [1.29, 1.82) is 0 Å². The molecular formula is C18H24ClNO3. The Labute approximate surface area is 142 Å².